The summed E-state index contributed by atoms with van der Waals surface area (Å²) in [5.74, 6) is 0.283. The van der Waals surface area contributed by atoms with Crippen LogP contribution in [0.15, 0.2) is 54.9 Å². The van der Waals surface area contributed by atoms with Gasteiger partial charge in [0.1, 0.15) is 5.75 Å². The summed E-state index contributed by atoms with van der Waals surface area (Å²) in [5, 5.41) is 12.0. The van der Waals surface area contributed by atoms with Crippen LogP contribution < -0.4 is 0 Å². The smallest absolute Gasteiger partial charge is 0.116 e. The van der Waals surface area contributed by atoms with Gasteiger partial charge in [0.2, 0.25) is 0 Å². The molecule has 3 aromatic rings. The number of aromatic hydroxyl groups is 1. The van der Waals surface area contributed by atoms with Gasteiger partial charge in [0.15, 0.2) is 0 Å². The van der Waals surface area contributed by atoms with Crippen molar-refractivity contribution in [3.8, 4) is 16.9 Å². The van der Waals surface area contributed by atoms with Gasteiger partial charge in [-0.25, -0.2) is 0 Å². The molecule has 0 radical (unpaired) electrons. The van der Waals surface area contributed by atoms with Crippen molar-refractivity contribution in [1.82, 2.24) is 4.98 Å². The molecule has 2 nitrogen and oxygen atoms in total. The van der Waals surface area contributed by atoms with Gasteiger partial charge in [-0.3, -0.25) is 4.98 Å². The van der Waals surface area contributed by atoms with Crippen LogP contribution in [0.5, 0.6) is 5.75 Å². The van der Waals surface area contributed by atoms with Gasteiger partial charge < -0.3 is 5.11 Å². The summed E-state index contributed by atoms with van der Waals surface area (Å²) in [4.78, 5) is 4.22. The number of rotatable bonds is 1. The zero-order valence-electron chi connectivity index (χ0n) is 10.1. The van der Waals surface area contributed by atoms with Gasteiger partial charge in [0, 0.05) is 18.0 Å². The molecule has 0 fully saturated rings. The largest absolute Gasteiger partial charge is 0.508 e. The summed E-state index contributed by atoms with van der Waals surface area (Å²) in [6.07, 6.45) is 3.66. The van der Waals surface area contributed by atoms with Crippen LogP contribution in [-0.4, -0.2) is 10.1 Å². The van der Waals surface area contributed by atoms with E-state index in [0.29, 0.717) is 0 Å². The average molecular weight is 235 g/mol. The number of phenols is 1. The van der Waals surface area contributed by atoms with Crippen LogP contribution in [0.3, 0.4) is 0 Å². The minimum absolute atomic E-state index is 0.283. The van der Waals surface area contributed by atoms with Gasteiger partial charge in [-0.15, -0.1) is 0 Å². The summed E-state index contributed by atoms with van der Waals surface area (Å²) in [6.45, 7) is 2.02. The number of aromatic nitrogens is 1. The molecule has 88 valence electrons. The van der Waals surface area contributed by atoms with E-state index in [4.69, 9.17) is 0 Å². The fourth-order valence-electron chi connectivity index (χ4n) is 2.24. The number of aryl methyl sites for hydroxylation is 1. The predicted molar refractivity (Wildman–Crippen MR) is 73.6 cm³/mol. The Kier molecular flexibility index (Phi) is 2.49. The number of hydrogen-bond acceptors (Lipinski definition) is 2. The van der Waals surface area contributed by atoms with Crippen molar-refractivity contribution in [2.75, 3.05) is 0 Å². The first-order chi connectivity index (χ1) is 8.74. The Morgan fingerprint density at radius 3 is 2.67 bits per heavy atom. The third kappa shape index (κ3) is 1.82. The van der Waals surface area contributed by atoms with Crippen molar-refractivity contribution >= 4 is 10.8 Å². The van der Waals surface area contributed by atoms with E-state index in [0.717, 1.165) is 27.5 Å². The molecular formula is C16H13NO. The first-order valence-electron chi connectivity index (χ1n) is 5.88. The number of fused-ring (bicyclic) bond motifs is 1. The Morgan fingerprint density at radius 2 is 1.83 bits per heavy atom. The molecule has 0 bridgehead atoms. The van der Waals surface area contributed by atoms with E-state index in [1.54, 1.807) is 12.1 Å². The van der Waals surface area contributed by atoms with Crippen molar-refractivity contribution in [2.45, 2.75) is 6.92 Å². The van der Waals surface area contributed by atoms with Crippen LogP contribution in [0, 0.1) is 6.92 Å². The molecule has 0 spiro atoms. The molecule has 0 aliphatic heterocycles. The number of nitrogens with zero attached hydrogens (tertiary/aromatic N) is 1. The average Bonchev–Trinajstić information content (AvgIpc) is 2.37. The minimum Gasteiger partial charge on any atom is -0.508 e. The second-order valence-electron chi connectivity index (χ2n) is 4.47. The first-order valence-corrected chi connectivity index (χ1v) is 5.88. The van der Waals surface area contributed by atoms with Gasteiger partial charge in [-0.05, 0) is 47.0 Å². The fraction of sp³-hybridized carbons (Fsp3) is 0.0625. The van der Waals surface area contributed by atoms with E-state index < -0.39 is 0 Å². The molecule has 0 unspecified atom stereocenters. The summed E-state index contributed by atoms with van der Waals surface area (Å²) in [5.41, 5.74) is 3.16. The molecule has 18 heavy (non-hydrogen) atoms. The van der Waals surface area contributed by atoms with Crippen LogP contribution >= 0.6 is 0 Å². The topological polar surface area (TPSA) is 33.1 Å². The molecule has 0 aliphatic carbocycles. The van der Waals surface area contributed by atoms with Crippen LogP contribution in [0.2, 0.25) is 0 Å². The predicted octanol–water partition coefficient (Wildman–Crippen LogP) is 3.92. The lowest BCUT2D eigenvalue weighted by Crippen LogP contribution is -1.85. The quantitative estimate of drug-likeness (QED) is 0.693. The van der Waals surface area contributed by atoms with Gasteiger partial charge in [0.25, 0.3) is 0 Å². The molecule has 0 aliphatic rings. The van der Waals surface area contributed by atoms with E-state index >= 15 is 0 Å². The van der Waals surface area contributed by atoms with Crippen molar-refractivity contribution in [3.63, 3.8) is 0 Å². The monoisotopic (exact) mass is 235 g/mol. The Balaban J connectivity index is 2.34. The highest BCUT2D eigenvalue weighted by atomic mass is 16.3. The maximum absolute atomic E-state index is 9.82. The molecule has 3 rings (SSSR count). The molecule has 0 amide bonds. The first kappa shape index (κ1) is 10.8. The molecule has 0 atom stereocenters. The van der Waals surface area contributed by atoms with Crippen molar-refractivity contribution < 1.29 is 5.11 Å². The Labute approximate surface area is 106 Å². The molecule has 0 saturated carbocycles. The number of hydrogen-bond donors (Lipinski definition) is 1. The maximum Gasteiger partial charge on any atom is 0.116 e. The zero-order valence-corrected chi connectivity index (χ0v) is 10.1. The SMILES string of the molecule is Cc1cncc(-c2cc(O)cc3ccccc23)c1. The molecule has 2 aromatic carbocycles. The Hall–Kier alpha value is -2.35. The van der Waals surface area contributed by atoms with Gasteiger partial charge in [0.05, 0.1) is 0 Å². The lowest BCUT2D eigenvalue weighted by molar-refractivity contribution is 0.476. The minimum atomic E-state index is 0.283. The molecule has 2 heteroatoms. The molecule has 0 saturated heterocycles. The second-order valence-corrected chi connectivity index (χ2v) is 4.47. The molecular weight excluding hydrogens is 222 g/mol. The molecule has 1 N–H and O–H groups in total. The van der Waals surface area contributed by atoms with E-state index in [9.17, 15) is 5.11 Å². The molecule has 1 heterocycles. The summed E-state index contributed by atoms with van der Waals surface area (Å²) < 4.78 is 0. The third-order valence-corrected chi connectivity index (χ3v) is 3.03. The number of benzene rings is 2. The molecule has 1 aromatic heterocycles. The van der Waals surface area contributed by atoms with Crippen LogP contribution in [0.25, 0.3) is 21.9 Å². The number of phenolic OH excluding ortho intramolecular Hbond substituents is 1. The van der Waals surface area contributed by atoms with Crippen LogP contribution in [-0.2, 0) is 0 Å². The van der Waals surface area contributed by atoms with E-state index in [1.165, 1.54) is 0 Å². The Morgan fingerprint density at radius 1 is 1.00 bits per heavy atom. The van der Waals surface area contributed by atoms with Gasteiger partial charge >= 0.3 is 0 Å². The third-order valence-electron chi connectivity index (χ3n) is 3.03. The Bertz CT molecular complexity index is 719. The summed E-state index contributed by atoms with van der Waals surface area (Å²) >= 11 is 0. The van der Waals surface area contributed by atoms with E-state index in [-0.39, 0.29) is 5.75 Å². The van der Waals surface area contributed by atoms with E-state index in [2.05, 4.69) is 17.1 Å². The summed E-state index contributed by atoms with van der Waals surface area (Å²) in [7, 11) is 0. The fourth-order valence-corrected chi connectivity index (χ4v) is 2.24. The lowest BCUT2D eigenvalue weighted by Gasteiger charge is -2.08. The van der Waals surface area contributed by atoms with E-state index in [1.807, 2.05) is 37.5 Å². The lowest BCUT2D eigenvalue weighted by atomic mass is 9.98. The standard InChI is InChI=1S/C16H13NO/c1-11-6-13(10-17-9-11)16-8-14(18)7-12-4-2-3-5-15(12)16/h2-10,18H,1H3. The second kappa shape index (κ2) is 4.15. The van der Waals surface area contributed by atoms with Gasteiger partial charge in [-0.1, -0.05) is 24.3 Å². The zero-order chi connectivity index (χ0) is 12.5. The van der Waals surface area contributed by atoms with Crippen molar-refractivity contribution in [3.05, 3.63) is 60.4 Å². The normalized spacial score (nSPS) is 10.7. The van der Waals surface area contributed by atoms with Gasteiger partial charge in [-0.2, -0.15) is 0 Å². The highest BCUT2D eigenvalue weighted by molar-refractivity contribution is 5.97. The van der Waals surface area contributed by atoms with Crippen molar-refractivity contribution in [1.29, 1.82) is 0 Å². The number of pyridine rings is 1. The van der Waals surface area contributed by atoms with Crippen molar-refractivity contribution in [2.24, 2.45) is 0 Å². The summed E-state index contributed by atoms with van der Waals surface area (Å²) in [6, 6.07) is 13.7. The van der Waals surface area contributed by atoms with Crippen LogP contribution in [0.4, 0.5) is 0 Å². The van der Waals surface area contributed by atoms with Crippen LogP contribution in [0.1, 0.15) is 5.56 Å². The highest BCUT2D eigenvalue weighted by Gasteiger charge is 2.06. The highest BCUT2D eigenvalue weighted by Crippen LogP contribution is 2.32. The maximum atomic E-state index is 9.82.